The molecule has 0 unspecified atom stereocenters. The van der Waals surface area contributed by atoms with Crippen LogP contribution in [0.25, 0.3) is 0 Å². The van der Waals surface area contributed by atoms with Gasteiger partial charge in [0.15, 0.2) is 0 Å². The normalized spacial score (nSPS) is 33.1. The summed E-state index contributed by atoms with van der Waals surface area (Å²) in [6.07, 6.45) is 2.76. The number of hydrogen-bond acceptors (Lipinski definition) is 5. The van der Waals surface area contributed by atoms with Crippen LogP contribution in [0.15, 0.2) is 0 Å². The molecule has 1 heterocycles. The molecule has 0 spiro atoms. The molecule has 112 valence electrons. The van der Waals surface area contributed by atoms with E-state index in [4.69, 9.17) is 0 Å². The third-order valence-corrected chi connectivity index (χ3v) is 7.68. The molecule has 8 heteroatoms. The van der Waals surface area contributed by atoms with Gasteiger partial charge in [-0.25, -0.2) is 21.6 Å². The summed E-state index contributed by atoms with van der Waals surface area (Å²) >= 11 is 0. The lowest BCUT2D eigenvalue weighted by atomic mass is 9.93. The van der Waals surface area contributed by atoms with E-state index >= 15 is 0 Å². The first kappa shape index (κ1) is 15.2. The molecular formula is C11H21NO5S2. The fourth-order valence-electron chi connectivity index (χ4n) is 2.73. The van der Waals surface area contributed by atoms with Crippen LogP contribution in [-0.4, -0.2) is 50.8 Å². The molecule has 19 heavy (non-hydrogen) atoms. The van der Waals surface area contributed by atoms with E-state index in [1.807, 2.05) is 0 Å². The van der Waals surface area contributed by atoms with Crippen molar-refractivity contribution >= 4 is 19.9 Å². The van der Waals surface area contributed by atoms with E-state index in [1.54, 1.807) is 0 Å². The lowest BCUT2D eigenvalue weighted by molar-refractivity contribution is 0.101. The number of sulfonamides is 1. The zero-order valence-corrected chi connectivity index (χ0v) is 12.4. The Bertz CT molecular complexity index is 499. The molecule has 2 atom stereocenters. The van der Waals surface area contributed by atoms with Crippen molar-refractivity contribution in [1.82, 2.24) is 4.72 Å². The molecule has 0 amide bonds. The molecule has 6 nitrogen and oxygen atoms in total. The van der Waals surface area contributed by atoms with Crippen molar-refractivity contribution in [3.63, 3.8) is 0 Å². The molecule has 1 saturated heterocycles. The van der Waals surface area contributed by atoms with Gasteiger partial charge in [-0.3, -0.25) is 0 Å². The number of sulfone groups is 1. The van der Waals surface area contributed by atoms with E-state index < -0.39 is 37.3 Å². The van der Waals surface area contributed by atoms with Gasteiger partial charge in [-0.15, -0.1) is 0 Å². The summed E-state index contributed by atoms with van der Waals surface area (Å²) in [6.45, 7) is 0. The smallest absolute Gasteiger partial charge is 0.214 e. The Kier molecular flexibility index (Phi) is 4.54. The van der Waals surface area contributed by atoms with Crippen molar-refractivity contribution in [2.45, 2.75) is 55.9 Å². The summed E-state index contributed by atoms with van der Waals surface area (Å²) in [6, 6.07) is -0.419. The van der Waals surface area contributed by atoms with Crippen LogP contribution in [0.3, 0.4) is 0 Å². The molecule has 1 aliphatic heterocycles. The fourth-order valence-corrected chi connectivity index (χ4v) is 6.27. The van der Waals surface area contributed by atoms with E-state index in [0.29, 0.717) is 12.8 Å². The van der Waals surface area contributed by atoms with Crippen LogP contribution >= 0.6 is 0 Å². The third-order valence-electron chi connectivity index (χ3n) is 3.99. The highest BCUT2D eigenvalue weighted by Crippen LogP contribution is 2.23. The maximum Gasteiger partial charge on any atom is 0.214 e. The van der Waals surface area contributed by atoms with Gasteiger partial charge in [0, 0.05) is 6.04 Å². The molecule has 2 fully saturated rings. The highest BCUT2D eigenvalue weighted by molar-refractivity contribution is 7.92. The summed E-state index contributed by atoms with van der Waals surface area (Å²) < 4.78 is 49.6. The van der Waals surface area contributed by atoms with E-state index in [-0.39, 0.29) is 24.3 Å². The number of rotatable bonds is 3. The highest BCUT2D eigenvalue weighted by atomic mass is 32.2. The lowest BCUT2D eigenvalue weighted by Gasteiger charge is -2.30. The lowest BCUT2D eigenvalue weighted by Crippen LogP contribution is -2.49. The predicted molar refractivity (Wildman–Crippen MR) is 72.0 cm³/mol. The van der Waals surface area contributed by atoms with Gasteiger partial charge < -0.3 is 5.11 Å². The number of hydrogen-bond donors (Lipinski definition) is 2. The quantitative estimate of drug-likeness (QED) is 0.751. The Labute approximate surface area is 114 Å². The van der Waals surface area contributed by atoms with Gasteiger partial charge in [-0.05, 0) is 25.7 Å². The van der Waals surface area contributed by atoms with Crippen LogP contribution < -0.4 is 4.72 Å². The van der Waals surface area contributed by atoms with Gasteiger partial charge in [0.05, 0.1) is 22.9 Å². The standard InChI is InChI=1S/C11H21NO5S2/c13-11-4-2-1-3-10(11)12-19(16,17)9-5-7-18(14,15)8-6-9/h9-13H,1-8H2/t10-,11-/m0/s1. The van der Waals surface area contributed by atoms with Gasteiger partial charge >= 0.3 is 0 Å². The summed E-state index contributed by atoms with van der Waals surface area (Å²) in [7, 11) is -6.60. The molecule has 0 aromatic carbocycles. The monoisotopic (exact) mass is 311 g/mol. The Morgan fingerprint density at radius 2 is 1.58 bits per heavy atom. The van der Waals surface area contributed by atoms with Crippen molar-refractivity contribution < 1.29 is 21.9 Å². The van der Waals surface area contributed by atoms with Crippen molar-refractivity contribution in [3.05, 3.63) is 0 Å². The van der Waals surface area contributed by atoms with Crippen LogP contribution in [-0.2, 0) is 19.9 Å². The van der Waals surface area contributed by atoms with Crippen molar-refractivity contribution in [2.24, 2.45) is 0 Å². The van der Waals surface area contributed by atoms with Crippen LogP contribution in [0.4, 0.5) is 0 Å². The van der Waals surface area contributed by atoms with Crippen molar-refractivity contribution in [1.29, 1.82) is 0 Å². The molecule has 2 aliphatic rings. The second-order valence-corrected chi connectivity index (χ2v) is 9.77. The van der Waals surface area contributed by atoms with Gasteiger partial charge in [-0.2, -0.15) is 0 Å². The summed E-state index contributed by atoms with van der Waals surface area (Å²) in [5.41, 5.74) is 0. The largest absolute Gasteiger partial charge is 0.391 e. The summed E-state index contributed by atoms with van der Waals surface area (Å²) in [5, 5.41) is 9.14. The Hall–Kier alpha value is -0.180. The summed E-state index contributed by atoms with van der Waals surface area (Å²) in [4.78, 5) is 0. The van der Waals surface area contributed by atoms with Crippen molar-refractivity contribution in [2.75, 3.05) is 11.5 Å². The average molecular weight is 311 g/mol. The van der Waals surface area contributed by atoms with Gasteiger partial charge in [0.25, 0.3) is 0 Å². The van der Waals surface area contributed by atoms with Crippen molar-refractivity contribution in [3.8, 4) is 0 Å². The minimum atomic E-state index is -3.54. The Morgan fingerprint density at radius 3 is 2.16 bits per heavy atom. The first-order valence-electron chi connectivity index (χ1n) is 6.70. The first-order valence-corrected chi connectivity index (χ1v) is 10.1. The number of aliphatic hydroxyl groups is 1. The van der Waals surface area contributed by atoms with E-state index in [0.717, 1.165) is 12.8 Å². The van der Waals surface area contributed by atoms with Gasteiger partial charge in [0.2, 0.25) is 10.0 Å². The molecule has 0 radical (unpaired) electrons. The minimum Gasteiger partial charge on any atom is -0.391 e. The van der Waals surface area contributed by atoms with Crippen LogP contribution in [0.2, 0.25) is 0 Å². The maximum absolute atomic E-state index is 12.2. The van der Waals surface area contributed by atoms with Gasteiger partial charge in [0.1, 0.15) is 9.84 Å². The average Bonchev–Trinajstić information content (AvgIpc) is 2.31. The third kappa shape index (κ3) is 3.90. The summed E-state index contributed by atoms with van der Waals surface area (Å²) in [5.74, 6) is -0.127. The Balaban J connectivity index is 1.98. The molecule has 2 rings (SSSR count). The number of nitrogens with one attached hydrogen (secondary N) is 1. The molecule has 1 aliphatic carbocycles. The van der Waals surface area contributed by atoms with Gasteiger partial charge in [-0.1, -0.05) is 12.8 Å². The van der Waals surface area contributed by atoms with E-state index in [9.17, 15) is 21.9 Å². The SMILES string of the molecule is O=S1(=O)CCC(S(=O)(=O)N[C@H]2CCCC[C@@H]2O)CC1. The molecule has 2 N–H and O–H groups in total. The second kappa shape index (κ2) is 5.67. The topological polar surface area (TPSA) is 101 Å². The van der Waals surface area contributed by atoms with E-state index in [1.165, 1.54) is 0 Å². The minimum absolute atomic E-state index is 0.0637. The highest BCUT2D eigenvalue weighted by Gasteiger charge is 2.35. The van der Waals surface area contributed by atoms with Crippen LogP contribution in [0.5, 0.6) is 0 Å². The zero-order valence-electron chi connectivity index (χ0n) is 10.8. The molecule has 0 aromatic rings. The fraction of sp³-hybridized carbons (Fsp3) is 1.00. The maximum atomic E-state index is 12.2. The van der Waals surface area contributed by atoms with Crippen LogP contribution in [0, 0.1) is 0 Å². The molecule has 0 bridgehead atoms. The van der Waals surface area contributed by atoms with Crippen LogP contribution in [0.1, 0.15) is 38.5 Å². The first-order chi connectivity index (χ1) is 8.80. The second-order valence-electron chi connectivity index (χ2n) is 5.47. The molecule has 0 aromatic heterocycles. The van der Waals surface area contributed by atoms with E-state index in [2.05, 4.69) is 4.72 Å². The molecule has 1 saturated carbocycles. The Morgan fingerprint density at radius 1 is 1.00 bits per heavy atom. The molecular weight excluding hydrogens is 290 g/mol. The zero-order chi connectivity index (χ0) is 14.1. The number of aliphatic hydroxyl groups excluding tert-OH is 1. The predicted octanol–water partition coefficient (Wildman–Crippen LogP) is -0.213.